The highest BCUT2D eigenvalue weighted by molar-refractivity contribution is 7.25. The van der Waals surface area contributed by atoms with Gasteiger partial charge in [0.2, 0.25) is 0 Å². The number of hydrogen-bond acceptors (Lipinski definition) is 6. The van der Waals surface area contributed by atoms with Crippen LogP contribution in [0, 0.1) is 22.7 Å². The topological polar surface area (TPSA) is 91.2 Å². The van der Waals surface area contributed by atoms with Gasteiger partial charge in [-0.1, -0.05) is 97.1 Å². The highest BCUT2D eigenvalue weighted by Crippen LogP contribution is 2.41. The number of nitriles is 2. The van der Waals surface area contributed by atoms with Crippen LogP contribution < -0.4 is 0 Å². The van der Waals surface area contributed by atoms with Crippen LogP contribution in [0.15, 0.2) is 158 Å². The molecule has 7 heteroatoms. The van der Waals surface area contributed by atoms with Crippen LogP contribution in [0.25, 0.3) is 93.0 Å². The summed E-state index contributed by atoms with van der Waals surface area (Å²) in [5.41, 5.74) is 8.46. The molecule has 0 aliphatic heterocycles. The van der Waals surface area contributed by atoms with Crippen LogP contribution in [0.5, 0.6) is 0 Å². The lowest BCUT2D eigenvalue weighted by Gasteiger charge is -2.16. The second-order valence-electron chi connectivity index (χ2n) is 13.1. The minimum Gasteiger partial charge on any atom is -0.308 e. The molecule has 0 radical (unpaired) electrons. The van der Waals surface area contributed by atoms with E-state index in [1.807, 2.05) is 97.1 Å². The molecule has 3 aromatic heterocycles. The Morgan fingerprint density at radius 3 is 1.59 bits per heavy atom. The molecule has 0 unspecified atom stereocenters. The van der Waals surface area contributed by atoms with Gasteiger partial charge < -0.3 is 4.57 Å². The molecule has 7 aromatic carbocycles. The van der Waals surface area contributed by atoms with E-state index >= 15 is 0 Å². The minimum absolute atomic E-state index is 0.528. The molecule has 0 N–H and O–H groups in total. The van der Waals surface area contributed by atoms with E-state index in [4.69, 9.17) is 15.0 Å². The third kappa shape index (κ3) is 5.19. The van der Waals surface area contributed by atoms with Gasteiger partial charge in [-0.25, -0.2) is 15.0 Å². The van der Waals surface area contributed by atoms with Crippen LogP contribution in [0.2, 0.25) is 0 Å². The number of thiophene rings is 1. The zero-order valence-corrected chi connectivity index (χ0v) is 29.4. The first-order valence-electron chi connectivity index (χ1n) is 17.5. The van der Waals surface area contributed by atoms with Gasteiger partial charge in [0.05, 0.1) is 40.0 Å². The number of hydrogen-bond donors (Lipinski definition) is 0. The van der Waals surface area contributed by atoms with Crippen molar-refractivity contribution in [2.24, 2.45) is 0 Å². The maximum atomic E-state index is 9.84. The van der Waals surface area contributed by atoms with Crippen molar-refractivity contribution in [3.8, 4) is 63.1 Å². The van der Waals surface area contributed by atoms with Gasteiger partial charge in [-0.15, -0.1) is 11.3 Å². The molecule has 0 fully saturated rings. The van der Waals surface area contributed by atoms with Crippen molar-refractivity contribution in [2.45, 2.75) is 0 Å². The van der Waals surface area contributed by atoms with E-state index in [1.165, 1.54) is 20.2 Å². The van der Waals surface area contributed by atoms with Crippen molar-refractivity contribution in [3.63, 3.8) is 0 Å². The molecule has 0 bridgehead atoms. The molecular weight excluding hydrogens is 681 g/mol. The summed E-state index contributed by atoms with van der Waals surface area (Å²) in [6, 6.07) is 57.6. The lowest BCUT2D eigenvalue weighted by atomic mass is 9.99. The average molecular weight is 707 g/mol. The maximum absolute atomic E-state index is 9.84. The van der Waals surface area contributed by atoms with Crippen molar-refractivity contribution >= 4 is 53.3 Å². The van der Waals surface area contributed by atoms with Gasteiger partial charge in [0.1, 0.15) is 0 Å². The Morgan fingerprint density at radius 1 is 0.426 bits per heavy atom. The van der Waals surface area contributed by atoms with E-state index in [0.717, 1.165) is 55.3 Å². The zero-order valence-electron chi connectivity index (χ0n) is 28.6. The zero-order chi connectivity index (χ0) is 36.2. The molecule has 0 saturated carbocycles. The lowest BCUT2D eigenvalue weighted by Crippen LogP contribution is -2.04. The Morgan fingerprint density at radius 2 is 0.963 bits per heavy atom. The third-order valence-electron chi connectivity index (χ3n) is 9.91. The predicted octanol–water partition coefficient (Wildman–Crippen LogP) is 11.7. The molecule has 0 aliphatic rings. The highest BCUT2D eigenvalue weighted by Gasteiger charge is 2.21. The van der Waals surface area contributed by atoms with Gasteiger partial charge in [-0.2, -0.15) is 10.5 Å². The summed E-state index contributed by atoms with van der Waals surface area (Å²) in [6.07, 6.45) is 0. The van der Waals surface area contributed by atoms with E-state index in [-0.39, 0.29) is 0 Å². The molecule has 10 aromatic rings. The standard InChI is InChI=1S/C47H26N6S/c48-27-29-15-20-40-37(23-29)38-24-30(28-49)16-21-41(38)53(40)42-22-18-33(34-17-19-36-35-13-7-8-14-43(35)54-44(36)26-34)25-39(42)47-51-45(31-9-3-1-4-10-31)50-46(52-47)32-11-5-2-6-12-32/h1-26H. The Labute approximate surface area is 314 Å². The number of benzene rings is 7. The number of aromatic nitrogens is 4. The second-order valence-corrected chi connectivity index (χ2v) is 14.2. The van der Waals surface area contributed by atoms with Crippen LogP contribution in [0.3, 0.4) is 0 Å². The molecule has 0 spiro atoms. The Hall–Kier alpha value is -7.45. The molecule has 250 valence electrons. The summed E-state index contributed by atoms with van der Waals surface area (Å²) in [6.45, 7) is 0. The van der Waals surface area contributed by atoms with Crippen molar-refractivity contribution in [2.75, 3.05) is 0 Å². The summed E-state index contributed by atoms with van der Waals surface area (Å²) in [4.78, 5) is 15.3. The Kier molecular flexibility index (Phi) is 7.33. The minimum atomic E-state index is 0.528. The van der Waals surface area contributed by atoms with Gasteiger partial charge in [-0.05, 0) is 71.8 Å². The molecule has 10 rings (SSSR count). The van der Waals surface area contributed by atoms with Gasteiger partial charge in [0.15, 0.2) is 17.5 Å². The number of fused-ring (bicyclic) bond motifs is 6. The molecule has 0 amide bonds. The van der Waals surface area contributed by atoms with Gasteiger partial charge in [0.25, 0.3) is 0 Å². The first kappa shape index (κ1) is 31.3. The Balaban J connectivity index is 1.28. The van der Waals surface area contributed by atoms with E-state index in [9.17, 15) is 10.5 Å². The normalized spacial score (nSPS) is 11.3. The van der Waals surface area contributed by atoms with E-state index in [0.29, 0.717) is 28.6 Å². The predicted molar refractivity (Wildman–Crippen MR) is 218 cm³/mol. The first-order chi connectivity index (χ1) is 26.6. The average Bonchev–Trinajstić information content (AvgIpc) is 3.78. The molecule has 0 saturated heterocycles. The smallest absolute Gasteiger partial charge is 0.166 e. The van der Waals surface area contributed by atoms with Crippen molar-refractivity contribution in [3.05, 3.63) is 169 Å². The van der Waals surface area contributed by atoms with Crippen molar-refractivity contribution in [1.82, 2.24) is 19.5 Å². The van der Waals surface area contributed by atoms with Crippen LogP contribution in [0.1, 0.15) is 11.1 Å². The third-order valence-corrected chi connectivity index (χ3v) is 11.0. The molecule has 3 heterocycles. The molecule has 54 heavy (non-hydrogen) atoms. The summed E-state index contributed by atoms with van der Waals surface area (Å²) in [5.74, 6) is 1.67. The first-order valence-corrected chi connectivity index (χ1v) is 18.3. The quantitative estimate of drug-likeness (QED) is 0.178. The van der Waals surface area contributed by atoms with Crippen LogP contribution in [-0.2, 0) is 0 Å². The van der Waals surface area contributed by atoms with Gasteiger partial charge in [-0.3, -0.25) is 0 Å². The van der Waals surface area contributed by atoms with Crippen LogP contribution >= 0.6 is 11.3 Å². The SMILES string of the molecule is N#Cc1ccc2c(c1)c1cc(C#N)ccc1n2-c1ccc(-c2ccc3c(c2)sc2ccccc23)cc1-c1nc(-c2ccccc2)nc(-c2ccccc2)n1. The van der Waals surface area contributed by atoms with Gasteiger partial charge in [0, 0.05) is 47.6 Å². The van der Waals surface area contributed by atoms with E-state index in [2.05, 4.69) is 77.4 Å². The second kappa shape index (κ2) is 12.6. The largest absolute Gasteiger partial charge is 0.308 e. The molecule has 0 aliphatic carbocycles. The number of nitrogens with zero attached hydrogens (tertiary/aromatic N) is 6. The fourth-order valence-corrected chi connectivity index (χ4v) is 8.49. The van der Waals surface area contributed by atoms with Gasteiger partial charge >= 0.3 is 0 Å². The molecular formula is C47H26N6S. The summed E-state index contributed by atoms with van der Waals surface area (Å²) < 4.78 is 4.68. The monoisotopic (exact) mass is 706 g/mol. The Bertz CT molecular complexity index is 3060. The summed E-state index contributed by atoms with van der Waals surface area (Å²) >= 11 is 1.80. The maximum Gasteiger partial charge on any atom is 0.166 e. The highest BCUT2D eigenvalue weighted by atomic mass is 32.1. The molecule has 0 atom stereocenters. The van der Waals surface area contributed by atoms with E-state index in [1.54, 1.807) is 11.3 Å². The van der Waals surface area contributed by atoms with Crippen molar-refractivity contribution in [1.29, 1.82) is 10.5 Å². The summed E-state index contributed by atoms with van der Waals surface area (Å²) in [5, 5.41) is 24.0. The number of rotatable bonds is 5. The summed E-state index contributed by atoms with van der Waals surface area (Å²) in [7, 11) is 0. The van der Waals surface area contributed by atoms with E-state index < -0.39 is 0 Å². The lowest BCUT2D eigenvalue weighted by molar-refractivity contribution is 1.06. The molecule has 6 nitrogen and oxygen atoms in total. The van der Waals surface area contributed by atoms with Crippen LogP contribution in [0.4, 0.5) is 0 Å². The van der Waals surface area contributed by atoms with Crippen LogP contribution in [-0.4, -0.2) is 19.5 Å². The van der Waals surface area contributed by atoms with Crippen molar-refractivity contribution < 1.29 is 0 Å². The fraction of sp³-hybridized carbons (Fsp3) is 0. The fourth-order valence-electron chi connectivity index (χ4n) is 7.35.